The van der Waals surface area contributed by atoms with Gasteiger partial charge in [-0.15, -0.1) is 0 Å². The Morgan fingerprint density at radius 3 is 2.94 bits per heavy atom. The largest absolute Gasteiger partial charge is 0.392 e. The van der Waals surface area contributed by atoms with Crippen molar-refractivity contribution in [2.75, 3.05) is 13.7 Å². The Balaban J connectivity index is 2.30. The number of aliphatic hydroxyl groups excluding tert-OH is 1. The van der Waals surface area contributed by atoms with Gasteiger partial charge in [-0.3, -0.25) is 0 Å². The summed E-state index contributed by atoms with van der Waals surface area (Å²) in [7, 11) is 1.71. The van der Waals surface area contributed by atoms with E-state index in [0.29, 0.717) is 6.42 Å². The zero-order valence-electron chi connectivity index (χ0n) is 9.65. The molecule has 88 valence electrons. The van der Waals surface area contributed by atoms with E-state index in [9.17, 15) is 5.11 Å². The van der Waals surface area contributed by atoms with Gasteiger partial charge in [-0.2, -0.15) is 0 Å². The molecule has 0 radical (unpaired) electrons. The van der Waals surface area contributed by atoms with Gasteiger partial charge >= 0.3 is 0 Å². The van der Waals surface area contributed by atoms with Crippen LogP contribution in [0.5, 0.6) is 0 Å². The fourth-order valence-corrected chi connectivity index (χ4v) is 2.63. The van der Waals surface area contributed by atoms with E-state index in [0.717, 1.165) is 12.8 Å². The fraction of sp³-hybridized carbons (Fsp3) is 0.538. The molecule has 0 spiro atoms. The van der Waals surface area contributed by atoms with Crippen LogP contribution in [0.1, 0.15) is 24.0 Å². The van der Waals surface area contributed by atoms with E-state index in [4.69, 9.17) is 10.5 Å². The third-order valence-electron chi connectivity index (χ3n) is 3.53. The van der Waals surface area contributed by atoms with Crippen LogP contribution in [0.4, 0.5) is 0 Å². The zero-order valence-corrected chi connectivity index (χ0v) is 9.65. The Hall–Kier alpha value is -0.900. The standard InChI is InChI=1S/C13H19NO2/c1-16-13(8-11(15)9-14)7-6-10-4-2-3-5-12(10)13/h2-5,11,15H,6-9,14H2,1H3. The lowest BCUT2D eigenvalue weighted by molar-refractivity contribution is -0.0488. The van der Waals surface area contributed by atoms with Crippen molar-refractivity contribution < 1.29 is 9.84 Å². The van der Waals surface area contributed by atoms with Crippen molar-refractivity contribution in [2.24, 2.45) is 5.73 Å². The van der Waals surface area contributed by atoms with E-state index < -0.39 is 6.10 Å². The molecule has 0 amide bonds. The molecule has 2 unspecified atom stereocenters. The number of aliphatic hydroxyl groups is 1. The minimum absolute atomic E-state index is 0.285. The highest BCUT2D eigenvalue weighted by molar-refractivity contribution is 5.37. The number of ether oxygens (including phenoxy) is 1. The summed E-state index contributed by atoms with van der Waals surface area (Å²) in [5.41, 5.74) is 7.68. The molecule has 2 rings (SSSR count). The lowest BCUT2D eigenvalue weighted by Gasteiger charge is -2.31. The highest BCUT2D eigenvalue weighted by atomic mass is 16.5. The molecule has 0 aliphatic heterocycles. The molecule has 3 heteroatoms. The van der Waals surface area contributed by atoms with Crippen LogP contribution >= 0.6 is 0 Å². The smallest absolute Gasteiger partial charge is 0.0958 e. The van der Waals surface area contributed by atoms with Crippen molar-refractivity contribution >= 4 is 0 Å². The molecule has 0 aromatic heterocycles. The fourth-order valence-electron chi connectivity index (χ4n) is 2.63. The van der Waals surface area contributed by atoms with E-state index in [-0.39, 0.29) is 12.1 Å². The monoisotopic (exact) mass is 221 g/mol. The molecule has 1 aliphatic rings. The highest BCUT2D eigenvalue weighted by Gasteiger charge is 2.39. The van der Waals surface area contributed by atoms with Crippen LogP contribution < -0.4 is 5.73 Å². The topological polar surface area (TPSA) is 55.5 Å². The quantitative estimate of drug-likeness (QED) is 0.803. The van der Waals surface area contributed by atoms with Gasteiger partial charge in [0.05, 0.1) is 11.7 Å². The Morgan fingerprint density at radius 2 is 2.25 bits per heavy atom. The summed E-state index contributed by atoms with van der Waals surface area (Å²) >= 11 is 0. The minimum atomic E-state index is -0.494. The summed E-state index contributed by atoms with van der Waals surface area (Å²) in [6, 6.07) is 8.29. The van der Waals surface area contributed by atoms with Gasteiger partial charge in [-0.1, -0.05) is 24.3 Å². The van der Waals surface area contributed by atoms with Crippen molar-refractivity contribution in [2.45, 2.75) is 31.0 Å². The van der Waals surface area contributed by atoms with Crippen LogP contribution in [0, 0.1) is 0 Å². The van der Waals surface area contributed by atoms with E-state index in [1.54, 1.807) is 7.11 Å². The molecular formula is C13H19NO2. The zero-order chi connectivity index (χ0) is 11.6. The molecule has 0 fully saturated rings. The number of fused-ring (bicyclic) bond motifs is 1. The van der Waals surface area contributed by atoms with Crippen LogP contribution in [-0.4, -0.2) is 24.9 Å². The van der Waals surface area contributed by atoms with Gasteiger partial charge in [0, 0.05) is 20.1 Å². The molecule has 16 heavy (non-hydrogen) atoms. The summed E-state index contributed by atoms with van der Waals surface area (Å²) in [6.45, 7) is 0.285. The van der Waals surface area contributed by atoms with Crippen LogP contribution in [0.15, 0.2) is 24.3 Å². The molecule has 1 aliphatic carbocycles. The average molecular weight is 221 g/mol. The average Bonchev–Trinajstić information content (AvgIpc) is 2.69. The number of aryl methyl sites for hydroxylation is 1. The first-order valence-electron chi connectivity index (χ1n) is 5.73. The molecule has 1 aromatic rings. The summed E-state index contributed by atoms with van der Waals surface area (Å²) in [5.74, 6) is 0. The minimum Gasteiger partial charge on any atom is -0.392 e. The molecule has 1 aromatic carbocycles. The van der Waals surface area contributed by atoms with Crippen molar-refractivity contribution in [3.8, 4) is 0 Å². The van der Waals surface area contributed by atoms with E-state index in [2.05, 4.69) is 12.1 Å². The number of benzene rings is 1. The molecule has 3 nitrogen and oxygen atoms in total. The maximum absolute atomic E-state index is 9.74. The first-order chi connectivity index (χ1) is 7.72. The number of rotatable bonds is 4. The van der Waals surface area contributed by atoms with Gasteiger partial charge in [0.1, 0.15) is 0 Å². The summed E-state index contributed by atoms with van der Waals surface area (Å²) in [6.07, 6.45) is 2.03. The Morgan fingerprint density at radius 1 is 1.50 bits per heavy atom. The number of methoxy groups -OCH3 is 1. The summed E-state index contributed by atoms with van der Waals surface area (Å²) < 4.78 is 5.68. The first kappa shape index (κ1) is 11.6. The second kappa shape index (κ2) is 4.53. The van der Waals surface area contributed by atoms with Crippen LogP contribution in [0.2, 0.25) is 0 Å². The molecular weight excluding hydrogens is 202 g/mol. The molecule has 3 N–H and O–H groups in total. The molecule has 0 bridgehead atoms. The van der Waals surface area contributed by atoms with Crippen LogP contribution in [0.3, 0.4) is 0 Å². The summed E-state index contributed by atoms with van der Waals surface area (Å²) in [5, 5.41) is 9.74. The van der Waals surface area contributed by atoms with Crippen LogP contribution in [0.25, 0.3) is 0 Å². The molecule has 0 saturated carbocycles. The van der Waals surface area contributed by atoms with Gasteiger partial charge in [0.15, 0.2) is 0 Å². The number of nitrogens with two attached hydrogens (primary N) is 1. The first-order valence-corrected chi connectivity index (χ1v) is 5.73. The van der Waals surface area contributed by atoms with Gasteiger partial charge in [0.2, 0.25) is 0 Å². The summed E-state index contributed by atoms with van der Waals surface area (Å²) in [4.78, 5) is 0. The third-order valence-corrected chi connectivity index (χ3v) is 3.53. The normalized spacial score (nSPS) is 25.4. The van der Waals surface area contributed by atoms with Crippen LogP contribution in [-0.2, 0) is 16.8 Å². The van der Waals surface area contributed by atoms with Gasteiger partial charge in [-0.25, -0.2) is 0 Å². The maximum atomic E-state index is 9.74. The predicted molar refractivity (Wildman–Crippen MR) is 63.1 cm³/mol. The van der Waals surface area contributed by atoms with Crippen molar-refractivity contribution in [3.63, 3.8) is 0 Å². The van der Waals surface area contributed by atoms with E-state index >= 15 is 0 Å². The SMILES string of the molecule is COC1(CC(O)CN)CCc2ccccc21. The van der Waals surface area contributed by atoms with Gasteiger partial charge < -0.3 is 15.6 Å². The Labute approximate surface area is 96.2 Å². The lowest BCUT2D eigenvalue weighted by atomic mass is 9.89. The predicted octanol–water partition coefficient (Wildman–Crippen LogP) is 1.18. The van der Waals surface area contributed by atoms with Gasteiger partial charge in [-0.05, 0) is 24.0 Å². The van der Waals surface area contributed by atoms with Crippen molar-refractivity contribution in [1.29, 1.82) is 0 Å². The number of hydrogen-bond donors (Lipinski definition) is 2. The second-order valence-corrected chi connectivity index (χ2v) is 4.45. The Bertz CT molecular complexity index is 367. The third kappa shape index (κ3) is 1.86. The molecule has 0 heterocycles. The molecule has 0 saturated heterocycles. The molecule has 2 atom stereocenters. The maximum Gasteiger partial charge on any atom is 0.0958 e. The lowest BCUT2D eigenvalue weighted by Crippen LogP contribution is -2.34. The Kier molecular flexibility index (Phi) is 3.28. The number of hydrogen-bond acceptors (Lipinski definition) is 3. The van der Waals surface area contributed by atoms with Gasteiger partial charge in [0.25, 0.3) is 0 Å². The highest BCUT2D eigenvalue weighted by Crippen LogP contribution is 2.42. The van der Waals surface area contributed by atoms with Crippen molar-refractivity contribution in [1.82, 2.24) is 0 Å². The van der Waals surface area contributed by atoms with Crippen molar-refractivity contribution in [3.05, 3.63) is 35.4 Å². The second-order valence-electron chi connectivity index (χ2n) is 4.45. The van der Waals surface area contributed by atoms with E-state index in [1.807, 2.05) is 12.1 Å². The van der Waals surface area contributed by atoms with E-state index in [1.165, 1.54) is 11.1 Å².